The van der Waals surface area contributed by atoms with E-state index in [0.717, 1.165) is 12.1 Å². The van der Waals surface area contributed by atoms with Crippen molar-refractivity contribution in [3.8, 4) is 12.3 Å². The van der Waals surface area contributed by atoms with Gasteiger partial charge in [-0.05, 0) is 12.5 Å². The second-order valence-corrected chi connectivity index (χ2v) is 5.72. The zero-order chi connectivity index (χ0) is 14.5. The standard InChI is InChI=1S/C11H11ClN2O4S/c1-2-3-4-7-13-19(17,18)11-8-9(14(15)16)5-6-10(11)12/h1,5-6,8,13H,3-4,7H2. The molecule has 1 aromatic carbocycles. The quantitative estimate of drug-likeness (QED) is 0.376. The minimum absolute atomic E-state index is 0.0740. The first-order chi connectivity index (χ1) is 8.88. The molecule has 0 aromatic heterocycles. The Hall–Kier alpha value is -1.62. The van der Waals surface area contributed by atoms with Gasteiger partial charge in [0.05, 0.1) is 9.95 Å². The lowest BCUT2D eigenvalue weighted by atomic mass is 10.3. The molecule has 0 aliphatic heterocycles. The van der Waals surface area contributed by atoms with Gasteiger partial charge in [0.15, 0.2) is 0 Å². The number of nitrogens with zero attached hydrogens (tertiary/aromatic N) is 1. The van der Waals surface area contributed by atoms with Crippen molar-refractivity contribution in [1.29, 1.82) is 0 Å². The molecule has 102 valence electrons. The Bertz CT molecular complexity index is 622. The molecule has 6 nitrogen and oxygen atoms in total. The number of terminal acetylenes is 1. The normalized spacial score (nSPS) is 10.9. The first kappa shape index (κ1) is 15.4. The number of unbranched alkanes of at least 4 members (excludes halogenated alkanes) is 1. The van der Waals surface area contributed by atoms with Crippen molar-refractivity contribution in [3.63, 3.8) is 0 Å². The van der Waals surface area contributed by atoms with Gasteiger partial charge in [0.1, 0.15) is 4.90 Å². The summed E-state index contributed by atoms with van der Waals surface area (Å²) in [5.41, 5.74) is -0.339. The topological polar surface area (TPSA) is 89.3 Å². The van der Waals surface area contributed by atoms with Crippen LogP contribution >= 0.6 is 11.6 Å². The van der Waals surface area contributed by atoms with Crippen LogP contribution in [0.1, 0.15) is 12.8 Å². The van der Waals surface area contributed by atoms with Crippen LogP contribution in [0.2, 0.25) is 5.02 Å². The van der Waals surface area contributed by atoms with Crippen LogP contribution in [-0.4, -0.2) is 19.9 Å². The van der Waals surface area contributed by atoms with E-state index in [4.69, 9.17) is 18.0 Å². The third-order valence-electron chi connectivity index (χ3n) is 2.21. The van der Waals surface area contributed by atoms with Gasteiger partial charge in [0, 0.05) is 25.1 Å². The Morgan fingerprint density at radius 1 is 1.47 bits per heavy atom. The number of benzene rings is 1. The number of nitro groups is 1. The molecule has 1 N–H and O–H groups in total. The highest BCUT2D eigenvalue weighted by Gasteiger charge is 2.20. The van der Waals surface area contributed by atoms with Crippen LogP contribution < -0.4 is 4.72 Å². The molecule has 0 atom stereocenters. The maximum atomic E-state index is 11.9. The molecule has 8 heteroatoms. The summed E-state index contributed by atoms with van der Waals surface area (Å²) in [6.45, 7) is 0.144. The van der Waals surface area contributed by atoms with Crippen LogP contribution in [0.4, 0.5) is 5.69 Å². The number of hydrogen-bond acceptors (Lipinski definition) is 4. The number of nitrogens with one attached hydrogen (secondary N) is 1. The van der Waals surface area contributed by atoms with Crippen LogP contribution in [0.3, 0.4) is 0 Å². The van der Waals surface area contributed by atoms with E-state index in [2.05, 4.69) is 10.6 Å². The molecule has 0 saturated heterocycles. The van der Waals surface area contributed by atoms with Gasteiger partial charge in [-0.1, -0.05) is 11.6 Å². The number of rotatable bonds is 6. The van der Waals surface area contributed by atoms with Gasteiger partial charge < -0.3 is 0 Å². The van der Waals surface area contributed by atoms with E-state index >= 15 is 0 Å². The smallest absolute Gasteiger partial charge is 0.258 e. The number of non-ortho nitro benzene ring substituents is 1. The fourth-order valence-corrected chi connectivity index (χ4v) is 2.88. The zero-order valence-corrected chi connectivity index (χ0v) is 11.4. The SMILES string of the molecule is C#CCCCNS(=O)(=O)c1cc([N+](=O)[O-])ccc1Cl. The predicted molar refractivity (Wildman–Crippen MR) is 71.4 cm³/mol. The van der Waals surface area contributed by atoms with Gasteiger partial charge in [-0.3, -0.25) is 10.1 Å². The van der Waals surface area contributed by atoms with E-state index in [1.54, 1.807) is 0 Å². The molecule has 0 amide bonds. The van der Waals surface area contributed by atoms with Crippen molar-refractivity contribution in [1.82, 2.24) is 4.72 Å². The summed E-state index contributed by atoms with van der Waals surface area (Å²) in [6.07, 6.45) is 5.95. The van der Waals surface area contributed by atoms with Crippen LogP contribution in [0, 0.1) is 22.5 Å². The van der Waals surface area contributed by atoms with Crippen molar-refractivity contribution in [2.75, 3.05) is 6.54 Å². The lowest BCUT2D eigenvalue weighted by Crippen LogP contribution is -2.25. The summed E-state index contributed by atoms with van der Waals surface area (Å²) < 4.78 is 26.1. The summed E-state index contributed by atoms with van der Waals surface area (Å²) in [7, 11) is -3.88. The summed E-state index contributed by atoms with van der Waals surface area (Å²) in [4.78, 5) is 9.61. The van der Waals surface area contributed by atoms with Crippen molar-refractivity contribution in [3.05, 3.63) is 33.3 Å². The van der Waals surface area contributed by atoms with E-state index < -0.39 is 14.9 Å². The highest BCUT2D eigenvalue weighted by molar-refractivity contribution is 7.89. The molecule has 19 heavy (non-hydrogen) atoms. The van der Waals surface area contributed by atoms with Crippen molar-refractivity contribution in [2.45, 2.75) is 17.7 Å². The highest BCUT2D eigenvalue weighted by atomic mass is 35.5. The number of nitro benzene ring substituents is 1. The predicted octanol–water partition coefficient (Wildman–Crippen LogP) is 1.94. The van der Waals surface area contributed by atoms with Gasteiger partial charge >= 0.3 is 0 Å². The minimum Gasteiger partial charge on any atom is -0.258 e. The molecular formula is C11H11ClN2O4S. The van der Waals surface area contributed by atoms with Crippen LogP contribution in [0.25, 0.3) is 0 Å². The van der Waals surface area contributed by atoms with Gasteiger partial charge in [0.2, 0.25) is 10.0 Å². The van der Waals surface area contributed by atoms with Crippen molar-refractivity contribution in [2.24, 2.45) is 0 Å². The lowest BCUT2D eigenvalue weighted by molar-refractivity contribution is -0.385. The van der Waals surface area contributed by atoms with E-state index in [1.165, 1.54) is 6.07 Å². The summed E-state index contributed by atoms with van der Waals surface area (Å²) in [5, 5.41) is 10.5. The highest BCUT2D eigenvalue weighted by Crippen LogP contribution is 2.25. The van der Waals surface area contributed by atoms with Gasteiger partial charge in [0.25, 0.3) is 5.69 Å². The molecule has 0 heterocycles. The minimum atomic E-state index is -3.88. The maximum absolute atomic E-state index is 11.9. The second-order valence-electron chi connectivity index (χ2n) is 3.58. The molecule has 0 spiro atoms. The fourth-order valence-electron chi connectivity index (χ4n) is 1.29. The van der Waals surface area contributed by atoms with E-state index in [1.807, 2.05) is 0 Å². The molecule has 0 aliphatic rings. The first-order valence-electron chi connectivity index (χ1n) is 5.25. The van der Waals surface area contributed by atoms with E-state index in [0.29, 0.717) is 12.8 Å². The molecule has 0 fully saturated rings. The average molecular weight is 303 g/mol. The number of halogens is 1. The summed E-state index contributed by atoms with van der Waals surface area (Å²) in [5.74, 6) is 2.38. The largest absolute Gasteiger partial charge is 0.270 e. The summed E-state index contributed by atoms with van der Waals surface area (Å²) >= 11 is 5.75. The van der Waals surface area contributed by atoms with Crippen LogP contribution in [0.5, 0.6) is 0 Å². The molecular weight excluding hydrogens is 292 g/mol. The number of sulfonamides is 1. The Morgan fingerprint density at radius 3 is 2.74 bits per heavy atom. The molecule has 0 saturated carbocycles. The maximum Gasteiger partial charge on any atom is 0.270 e. The van der Waals surface area contributed by atoms with Gasteiger partial charge in [-0.2, -0.15) is 0 Å². The molecule has 0 radical (unpaired) electrons. The third kappa shape index (κ3) is 4.21. The first-order valence-corrected chi connectivity index (χ1v) is 7.11. The Morgan fingerprint density at radius 2 is 2.16 bits per heavy atom. The van der Waals surface area contributed by atoms with Crippen molar-refractivity contribution < 1.29 is 13.3 Å². The molecule has 0 unspecified atom stereocenters. The molecule has 1 aromatic rings. The van der Waals surface area contributed by atoms with E-state index in [-0.39, 0.29) is 22.2 Å². The Balaban J connectivity index is 2.97. The van der Waals surface area contributed by atoms with Gasteiger partial charge in [-0.15, -0.1) is 12.3 Å². The fraction of sp³-hybridized carbons (Fsp3) is 0.273. The molecule has 0 aliphatic carbocycles. The monoisotopic (exact) mass is 302 g/mol. The average Bonchev–Trinajstić information content (AvgIpc) is 2.34. The zero-order valence-electron chi connectivity index (χ0n) is 9.80. The Kier molecular flexibility index (Phi) is 5.30. The van der Waals surface area contributed by atoms with Crippen LogP contribution in [-0.2, 0) is 10.0 Å². The number of hydrogen-bond donors (Lipinski definition) is 1. The third-order valence-corrected chi connectivity index (χ3v) is 4.15. The Labute approximate surface area is 116 Å². The van der Waals surface area contributed by atoms with Crippen LogP contribution in [0.15, 0.2) is 23.1 Å². The summed E-state index contributed by atoms with van der Waals surface area (Å²) in [6, 6.07) is 3.24. The molecule has 0 bridgehead atoms. The molecule has 1 rings (SSSR count). The second kappa shape index (κ2) is 6.52. The lowest BCUT2D eigenvalue weighted by Gasteiger charge is -2.07. The van der Waals surface area contributed by atoms with Gasteiger partial charge in [-0.25, -0.2) is 13.1 Å². The van der Waals surface area contributed by atoms with E-state index in [9.17, 15) is 18.5 Å². The van der Waals surface area contributed by atoms with Crippen molar-refractivity contribution >= 4 is 27.3 Å².